The van der Waals surface area contributed by atoms with Crippen LogP contribution in [0.5, 0.6) is 0 Å². The topological polar surface area (TPSA) is 38.9 Å². The number of hydrogen-bond acceptors (Lipinski definition) is 3. The van der Waals surface area contributed by atoms with Crippen molar-refractivity contribution in [1.29, 1.82) is 0 Å². The van der Waals surface area contributed by atoms with Crippen molar-refractivity contribution in [2.75, 3.05) is 0 Å². The molecule has 0 fully saturated rings. The third kappa shape index (κ3) is 5.19. The van der Waals surface area contributed by atoms with Gasteiger partial charge in [0, 0.05) is 16.5 Å². The summed E-state index contributed by atoms with van der Waals surface area (Å²) < 4.78 is 0.118. The SMILES string of the molecule is CC(C)(N)CC(C)(C)Sc1ccccn1. The molecule has 0 amide bonds. The molecule has 0 aliphatic heterocycles. The lowest BCUT2D eigenvalue weighted by Crippen LogP contribution is -2.38. The van der Waals surface area contributed by atoms with Gasteiger partial charge in [0.05, 0.1) is 5.03 Å². The molecule has 1 rings (SSSR count). The van der Waals surface area contributed by atoms with Crippen LogP contribution in [0.25, 0.3) is 0 Å². The second-order valence-electron chi connectivity index (χ2n) is 5.20. The number of thioether (sulfide) groups is 1. The summed E-state index contributed by atoms with van der Waals surface area (Å²) in [4.78, 5) is 4.32. The van der Waals surface area contributed by atoms with Crippen LogP contribution in [0.15, 0.2) is 29.4 Å². The quantitative estimate of drug-likeness (QED) is 0.799. The Morgan fingerprint density at radius 3 is 2.40 bits per heavy atom. The van der Waals surface area contributed by atoms with E-state index in [4.69, 9.17) is 5.73 Å². The van der Waals surface area contributed by atoms with Crippen molar-refractivity contribution >= 4 is 11.8 Å². The zero-order valence-corrected chi connectivity index (χ0v) is 10.8. The number of rotatable bonds is 4. The fraction of sp³-hybridized carbons (Fsp3) is 0.583. The van der Waals surface area contributed by atoms with E-state index in [-0.39, 0.29) is 10.3 Å². The molecule has 1 aromatic rings. The molecule has 0 spiro atoms. The van der Waals surface area contributed by atoms with Gasteiger partial charge >= 0.3 is 0 Å². The number of aromatic nitrogens is 1. The first-order valence-corrected chi connectivity index (χ1v) is 5.99. The summed E-state index contributed by atoms with van der Waals surface area (Å²) >= 11 is 1.78. The van der Waals surface area contributed by atoms with Crippen LogP contribution in [0.1, 0.15) is 34.1 Å². The van der Waals surface area contributed by atoms with Crippen LogP contribution in [-0.2, 0) is 0 Å². The van der Waals surface area contributed by atoms with Crippen LogP contribution in [-0.4, -0.2) is 15.3 Å². The number of nitrogens with zero attached hydrogens (tertiary/aromatic N) is 1. The summed E-state index contributed by atoms with van der Waals surface area (Å²) in [5, 5.41) is 1.06. The molecule has 0 aromatic carbocycles. The van der Waals surface area contributed by atoms with E-state index in [1.54, 1.807) is 11.8 Å². The Morgan fingerprint density at radius 1 is 1.27 bits per heavy atom. The van der Waals surface area contributed by atoms with Gasteiger partial charge in [0.1, 0.15) is 0 Å². The molecule has 0 saturated heterocycles. The van der Waals surface area contributed by atoms with Crippen molar-refractivity contribution in [3.05, 3.63) is 24.4 Å². The van der Waals surface area contributed by atoms with E-state index in [0.29, 0.717) is 0 Å². The molecule has 0 radical (unpaired) electrons. The second-order valence-corrected chi connectivity index (χ2v) is 6.92. The lowest BCUT2D eigenvalue weighted by atomic mass is 9.93. The number of hydrogen-bond donors (Lipinski definition) is 1. The van der Waals surface area contributed by atoms with E-state index in [9.17, 15) is 0 Å². The summed E-state index contributed by atoms with van der Waals surface area (Å²) in [6.45, 7) is 8.55. The normalized spacial score (nSPS) is 12.9. The molecule has 1 heterocycles. The van der Waals surface area contributed by atoms with Gasteiger partial charge < -0.3 is 5.73 Å². The second kappa shape index (κ2) is 4.54. The van der Waals surface area contributed by atoms with Crippen molar-refractivity contribution in [1.82, 2.24) is 4.98 Å². The molecular formula is C12H20N2S. The van der Waals surface area contributed by atoms with E-state index in [2.05, 4.69) is 32.7 Å². The molecule has 0 bridgehead atoms. The van der Waals surface area contributed by atoms with Crippen LogP contribution in [0, 0.1) is 0 Å². The summed E-state index contributed by atoms with van der Waals surface area (Å²) in [5.41, 5.74) is 5.91. The smallest absolute Gasteiger partial charge is 0.0965 e. The zero-order chi connectivity index (χ0) is 11.5. The van der Waals surface area contributed by atoms with Gasteiger partial charge in [-0.3, -0.25) is 0 Å². The Balaban J connectivity index is 2.65. The van der Waals surface area contributed by atoms with Crippen molar-refractivity contribution in [3.8, 4) is 0 Å². The predicted octanol–water partition coefficient (Wildman–Crippen LogP) is 3.08. The fourth-order valence-corrected chi connectivity index (χ4v) is 3.09. The highest BCUT2D eigenvalue weighted by Crippen LogP contribution is 2.36. The van der Waals surface area contributed by atoms with Crippen molar-refractivity contribution in [2.45, 2.75) is 49.4 Å². The van der Waals surface area contributed by atoms with Gasteiger partial charge in [-0.2, -0.15) is 0 Å². The minimum atomic E-state index is -0.134. The van der Waals surface area contributed by atoms with Gasteiger partial charge in [0.15, 0.2) is 0 Å². The summed E-state index contributed by atoms with van der Waals surface area (Å²) in [6.07, 6.45) is 2.78. The maximum atomic E-state index is 6.04. The molecule has 3 heteroatoms. The average Bonchev–Trinajstić information content (AvgIpc) is 1.99. The summed E-state index contributed by atoms with van der Waals surface area (Å²) in [5.74, 6) is 0. The Bertz CT molecular complexity index is 301. The molecule has 0 unspecified atom stereocenters. The molecule has 84 valence electrons. The highest BCUT2D eigenvalue weighted by atomic mass is 32.2. The van der Waals surface area contributed by atoms with Crippen LogP contribution < -0.4 is 5.73 Å². The molecule has 2 nitrogen and oxygen atoms in total. The van der Waals surface area contributed by atoms with Gasteiger partial charge in [-0.1, -0.05) is 19.9 Å². The van der Waals surface area contributed by atoms with Gasteiger partial charge in [-0.25, -0.2) is 4.98 Å². The van der Waals surface area contributed by atoms with Crippen molar-refractivity contribution in [3.63, 3.8) is 0 Å². The van der Waals surface area contributed by atoms with Crippen LogP contribution >= 0.6 is 11.8 Å². The summed E-state index contributed by atoms with van der Waals surface area (Å²) in [6, 6.07) is 5.98. The maximum absolute atomic E-state index is 6.04. The zero-order valence-electron chi connectivity index (χ0n) is 9.95. The molecule has 1 aromatic heterocycles. The Hall–Kier alpha value is -0.540. The van der Waals surface area contributed by atoms with Crippen molar-refractivity contribution < 1.29 is 0 Å². The van der Waals surface area contributed by atoms with Gasteiger partial charge in [0.25, 0.3) is 0 Å². The number of nitrogens with two attached hydrogens (primary N) is 1. The van der Waals surface area contributed by atoms with Crippen LogP contribution in [0.4, 0.5) is 0 Å². The first-order valence-electron chi connectivity index (χ1n) is 5.17. The van der Waals surface area contributed by atoms with E-state index < -0.39 is 0 Å². The Morgan fingerprint density at radius 2 is 1.93 bits per heavy atom. The van der Waals surface area contributed by atoms with Gasteiger partial charge in [-0.05, 0) is 32.4 Å². The molecule has 2 N–H and O–H groups in total. The fourth-order valence-electron chi connectivity index (χ4n) is 1.82. The van der Waals surface area contributed by atoms with Crippen molar-refractivity contribution in [2.24, 2.45) is 5.73 Å². The Labute approximate surface area is 96.7 Å². The van der Waals surface area contributed by atoms with E-state index in [0.717, 1.165) is 11.4 Å². The van der Waals surface area contributed by atoms with Crippen LogP contribution in [0.2, 0.25) is 0 Å². The van der Waals surface area contributed by atoms with E-state index in [1.807, 2.05) is 24.4 Å². The van der Waals surface area contributed by atoms with Gasteiger partial charge in [-0.15, -0.1) is 11.8 Å². The minimum Gasteiger partial charge on any atom is -0.326 e. The number of pyridine rings is 1. The van der Waals surface area contributed by atoms with Gasteiger partial charge in [0.2, 0.25) is 0 Å². The van der Waals surface area contributed by atoms with E-state index >= 15 is 0 Å². The third-order valence-electron chi connectivity index (χ3n) is 1.90. The molecule has 0 atom stereocenters. The molecular weight excluding hydrogens is 204 g/mol. The molecule has 0 aliphatic carbocycles. The monoisotopic (exact) mass is 224 g/mol. The lowest BCUT2D eigenvalue weighted by Gasteiger charge is -2.31. The largest absolute Gasteiger partial charge is 0.326 e. The standard InChI is InChI=1S/C12H20N2S/c1-11(2,13)9-12(3,4)15-10-7-5-6-8-14-10/h5-8H,9,13H2,1-4H3. The highest BCUT2D eigenvalue weighted by molar-refractivity contribution is 8.00. The predicted molar refractivity (Wildman–Crippen MR) is 67.1 cm³/mol. The Kier molecular flexibility index (Phi) is 3.79. The first-order chi connectivity index (χ1) is 6.79. The molecule has 0 saturated carbocycles. The first kappa shape index (κ1) is 12.5. The van der Waals surface area contributed by atoms with E-state index in [1.165, 1.54) is 0 Å². The average molecular weight is 224 g/mol. The highest BCUT2D eigenvalue weighted by Gasteiger charge is 2.27. The molecule has 0 aliphatic rings. The maximum Gasteiger partial charge on any atom is 0.0965 e. The molecule has 15 heavy (non-hydrogen) atoms. The summed E-state index contributed by atoms with van der Waals surface area (Å²) in [7, 11) is 0. The lowest BCUT2D eigenvalue weighted by molar-refractivity contribution is 0.424. The van der Waals surface area contributed by atoms with Crippen LogP contribution in [0.3, 0.4) is 0 Å². The third-order valence-corrected chi connectivity index (χ3v) is 3.05. The minimum absolute atomic E-state index is 0.118.